The third-order valence-electron chi connectivity index (χ3n) is 3.68. The van der Waals surface area contributed by atoms with Gasteiger partial charge < -0.3 is 5.11 Å². The highest BCUT2D eigenvalue weighted by Crippen LogP contribution is 2.25. The van der Waals surface area contributed by atoms with Crippen molar-refractivity contribution in [3.63, 3.8) is 0 Å². The highest BCUT2D eigenvalue weighted by molar-refractivity contribution is 5.26. The van der Waals surface area contributed by atoms with E-state index >= 15 is 0 Å². The first kappa shape index (κ1) is 13.8. The molecule has 0 aliphatic rings. The van der Waals surface area contributed by atoms with Crippen molar-refractivity contribution in [2.24, 2.45) is 7.05 Å². The van der Waals surface area contributed by atoms with E-state index in [0.29, 0.717) is 0 Å². The fourth-order valence-electron chi connectivity index (χ4n) is 2.56. The molecule has 102 valence electrons. The summed E-state index contributed by atoms with van der Waals surface area (Å²) in [5.41, 5.74) is 4.32. The number of aliphatic hydroxyl groups is 1. The monoisotopic (exact) mass is 258 g/mol. The summed E-state index contributed by atoms with van der Waals surface area (Å²) in [5, 5.41) is 14.7. The van der Waals surface area contributed by atoms with E-state index in [1.807, 2.05) is 31.6 Å². The molecule has 1 aromatic carbocycles. The first-order valence-electron chi connectivity index (χ1n) is 6.81. The molecule has 0 bridgehead atoms. The molecule has 0 aliphatic heterocycles. The van der Waals surface area contributed by atoms with E-state index < -0.39 is 6.10 Å². The minimum absolute atomic E-state index is 0.405. The summed E-state index contributed by atoms with van der Waals surface area (Å²) in [7, 11) is 1.92. The Morgan fingerprint density at radius 3 is 2.47 bits per heavy atom. The zero-order valence-electron chi connectivity index (χ0n) is 11.9. The lowest BCUT2D eigenvalue weighted by Crippen LogP contribution is -2.02. The predicted molar refractivity (Wildman–Crippen MR) is 77.0 cm³/mol. The highest BCUT2D eigenvalue weighted by atomic mass is 16.3. The lowest BCUT2D eigenvalue weighted by Gasteiger charge is -2.11. The quantitative estimate of drug-likeness (QED) is 0.895. The smallest absolute Gasteiger partial charge is 0.0826 e. The maximum atomic E-state index is 10.3. The predicted octanol–water partition coefficient (Wildman–Crippen LogP) is 3.09. The SMILES string of the molecule is Cc1nn(C)c(C)c1C(O)CCCc1ccccc1. The van der Waals surface area contributed by atoms with E-state index in [0.717, 1.165) is 36.2 Å². The van der Waals surface area contributed by atoms with E-state index in [-0.39, 0.29) is 0 Å². The molecule has 0 aliphatic carbocycles. The molecule has 1 heterocycles. The molecule has 0 radical (unpaired) electrons. The summed E-state index contributed by atoms with van der Waals surface area (Å²) in [6, 6.07) is 10.4. The number of aliphatic hydroxyl groups excluding tert-OH is 1. The molecule has 0 amide bonds. The average Bonchev–Trinajstić information content (AvgIpc) is 2.64. The van der Waals surface area contributed by atoms with Gasteiger partial charge in [0.2, 0.25) is 0 Å². The van der Waals surface area contributed by atoms with Crippen LogP contribution < -0.4 is 0 Å². The molecular weight excluding hydrogens is 236 g/mol. The number of aryl methyl sites for hydroxylation is 3. The average molecular weight is 258 g/mol. The Labute approximate surface area is 114 Å². The Bertz CT molecular complexity index is 531. The lowest BCUT2D eigenvalue weighted by atomic mass is 10.00. The van der Waals surface area contributed by atoms with Crippen molar-refractivity contribution in [3.05, 3.63) is 52.8 Å². The number of nitrogens with zero attached hydrogens (tertiary/aromatic N) is 2. The summed E-state index contributed by atoms with van der Waals surface area (Å²) >= 11 is 0. The van der Waals surface area contributed by atoms with E-state index in [1.165, 1.54) is 5.56 Å². The van der Waals surface area contributed by atoms with Gasteiger partial charge in [0, 0.05) is 18.3 Å². The van der Waals surface area contributed by atoms with Gasteiger partial charge in [0.25, 0.3) is 0 Å². The van der Waals surface area contributed by atoms with Crippen LogP contribution in [0.25, 0.3) is 0 Å². The fraction of sp³-hybridized carbons (Fsp3) is 0.438. The normalized spacial score (nSPS) is 12.6. The molecule has 3 nitrogen and oxygen atoms in total. The molecule has 0 spiro atoms. The van der Waals surface area contributed by atoms with Crippen LogP contribution in [0.4, 0.5) is 0 Å². The van der Waals surface area contributed by atoms with Crippen molar-refractivity contribution in [1.82, 2.24) is 9.78 Å². The van der Waals surface area contributed by atoms with E-state index in [9.17, 15) is 5.11 Å². The maximum Gasteiger partial charge on any atom is 0.0826 e. The topological polar surface area (TPSA) is 38.0 Å². The maximum absolute atomic E-state index is 10.3. The van der Waals surface area contributed by atoms with Crippen LogP contribution >= 0.6 is 0 Å². The molecule has 0 fully saturated rings. The van der Waals surface area contributed by atoms with Crippen LogP contribution in [0.3, 0.4) is 0 Å². The highest BCUT2D eigenvalue weighted by Gasteiger charge is 2.17. The molecule has 2 aromatic rings. The van der Waals surface area contributed by atoms with Crippen LogP contribution in [0.2, 0.25) is 0 Å². The van der Waals surface area contributed by atoms with Gasteiger partial charge in [-0.3, -0.25) is 4.68 Å². The van der Waals surface area contributed by atoms with Crippen molar-refractivity contribution in [3.8, 4) is 0 Å². The second-order valence-electron chi connectivity index (χ2n) is 5.10. The van der Waals surface area contributed by atoms with Gasteiger partial charge in [0.05, 0.1) is 11.8 Å². The van der Waals surface area contributed by atoms with Gasteiger partial charge in [0.1, 0.15) is 0 Å². The second kappa shape index (κ2) is 6.02. The standard InChI is InChI=1S/C16H22N2O/c1-12-16(13(2)18(3)17-12)15(19)11-7-10-14-8-5-4-6-9-14/h4-6,8-9,15,19H,7,10-11H2,1-3H3. The van der Waals surface area contributed by atoms with Gasteiger partial charge in [0.15, 0.2) is 0 Å². The van der Waals surface area contributed by atoms with Crippen LogP contribution in [0.15, 0.2) is 30.3 Å². The fourth-order valence-corrected chi connectivity index (χ4v) is 2.56. The van der Waals surface area contributed by atoms with Gasteiger partial charge in [-0.1, -0.05) is 30.3 Å². The molecule has 0 saturated carbocycles. The van der Waals surface area contributed by atoms with Crippen LogP contribution in [0, 0.1) is 13.8 Å². The van der Waals surface area contributed by atoms with Crippen molar-refractivity contribution in [2.75, 3.05) is 0 Å². The Balaban J connectivity index is 1.93. The summed E-state index contributed by atoms with van der Waals surface area (Å²) in [6.07, 6.45) is 2.37. The molecule has 3 heteroatoms. The number of benzene rings is 1. The van der Waals surface area contributed by atoms with Gasteiger partial charge in [-0.05, 0) is 38.7 Å². The zero-order valence-corrected chi connectivity index (χ0v) is 11.9. The number of rotatable bonds is 5. The molecule has 19 heavy (non-hydrogen) atoms. The van der Waals surface area contributed by atoms with Crippen molar-refractivity contribution >= 4 is 0 Å². The molecule has 1 aromatic heterocycles. The Morgan fingerprint density at radius 1 is 1.21 bits per heavy atom. The summed E-state index contributed by atoms with van der Waals surface area (Å²) in [6.45, 7) is 3.97. The zero-order chi connectivity index (χ0) is 13.8. The third-order valence-corrected chi connectivity index (χ3v) is 3.68. The number of hydrogen-bond acceptors (Lipinski definition) is 2. The summed E-state index contributed by atoms with van der Waals surface area (Å²) < 4.78 is 1.84. The second-order valence-corrected chi connectivity index (χ2v) is 5.10. The molecular formula is C16H22N2O. The first-order valence-corrected chi connectivity index (χ1v) is 6.81. The first-order chi connectivity index (χ1) is 9.09. The molecule has 0 saturated heterocycles. The van der Waals surface area contributed by atoms with Crippen LogP contribution in [0.1, 0.15) is 41.5 Å². The van der Waals surface area contributed by atoms with E-state index in [4.69, 9.17) is 0 Å². The van der Waals surface area contributed by atoms with Crippen LogP contribution in [-0.4, -0.2) is 14.9 Å². The van der Waals surface area contributed by atoms with Crippen LogP contribution in [0.5, 0.6) is 0 Å². The minimum Gasteiger partial charge on any atom is -0.388 e. The Morgan fingerprint density at radius 2 is 1.89 bits per heavy atom. The Kier molecular flexibility index (Phi) is 4.38. The van der Waals surface area contributed by atoms with Gasteiger partial charge in [-0.2, -0.15) is 5.10 Å². The summed E-state index contributed by atoms with van der Waals surface area (Å²) in [4.78, 5) is 0. The lowest BCUT2D eigenvalue weighted by molar-refractivity contribution is 0.163. The largest absolute Gasteiger partial charge is 0.388 e. The molecule has 1 unspecified atom stereocenters. The van der Waals surface area contributed by atoms with E-state index in [2.05, 4.69) is 29.4 Å². The number of hydrogen-bond donors (Lipinski definition) is 1. The Hall–Kier alpha value is -1.61. The molecule has 1 N–H and O–H groups in total. The van der Waals surface area contributed by atoms with E-state index in [1.54, 1.807) is 0 Å². The molecule has 2 rings (SSSR count). The van der Waals surface area contributed by atoms with Crippen LogP contribution in [-0.2, 0) is 13.5 Å². The van der Waals surface area contributed by atoms with Gasteiger partial charge in [-0.25, -0.2) is 0 Å². The number of aromatic nitrogens is 2. The molecule has 1 atom stereocenters. The van der Waals surface area contributed by atoms with Gasteiger partial charge in [-0.15, -0.1) is 0 Å². The van der Waals surface area contributed by atoms with Crippen molar-refractivity contribution < 1.29 is 5.11 Å². The van der Waals surface area contributed by atoms with Crippen molar-refractivity contribution in [1.29, 1.82) is 0 Å². The third kappa shape index (κ3) is 3.24. The summed E-state index contributed by atoms with van der Waals surface area (Å²) in [5.74, 6) is 0. The van der Waals surface area contributed by atoms with Gasteiger partial charge >= 0.3 is 0 Å². The minimum atomic E-state index is -0.405. The van der Waals surface area contributed by atoms with Crippen molar-refractivity contribution in [2.45, 2.75) is 39.2 Å².